The molecule has 29 heavy (non-hydrogen) atoms. The molecular formula is C22H24N4O2S. The standard InChI is InChI=1S/C22H24N4O2S/c1-16(2)22(28)24-13-12-23-20(27)11-10-17-15-26(18-7-4-3-5-8-18)25-21(17)19-9-6-14-29-19/h3-11,14-16H,12-13H2,1-2H3,(H,23,27)(H,24,28). The van der Waals surface area contributed by atoms with Crippen LogP contribution >= 0.6 is 11.3 Å². The normalized spacial score (nSPS) is 11.1. The maximum Gasteiger partial charge on any atom is 0.244 e. The van der Waals surface area contributed by atoms with Crippen LogP contribution in [-0.4, -0.2) is 34.7 Å². The number of hydrogen-bond acceptors (Lipinski definition) is 4. The number of rotatable bonds is 8. The molecule has 0 unspecified atom stereocenters. The lowest BCUT2D eigenvalue weighted by Crippen LogP contribution is -2.35. The Morgan fingerprint density at radius 3 is 2.55 bits per heavy atom. The zero-order valence-corrected chi connectivity index (χ0v) is 17.3. The lowest BCUT2D eigenvalue weighted by Gasteiger charge is -2.07. The molecular weight excluding hydrogens is 384 g/mol. The molecule has 2 heterocycles. The maximum atomic E-state index is 12.1. The van der Waals surface area contributed by atoms with Gasteiger partial charge >= 0.3 is 0 Å². The lowest BCUT2D eigenvalue weighted by molar-refractivity contribution is -0.124. The van der Waals surface area contributed by atoms with Gasteiger partial charge in [-0.3, -0.25) is 9.59 Å². The molecule has 2 N–H and O–H groups in total. The van der Waals surface area contributed by atoms with Crippen molar-refractivity contribution in [1.29, 1.82) is 0 Å². The first-order valence-corrected chi connectivity index (χ1v) is 10.3. The Hall–Kier alpha value is -3.19. The molecule has 0 aliphatic rings. The minimum atomic E-state index is -0.214. The Balaban J connectivity index is 1.68. The smallest absolute Gasteiger partial charge is 0.244 e. The highest BCUT2D eigenvalue weighted by Gasteiger charge is 2.11. The Morgan fingerprint density at radius 2 is 1.86 bits per heavy atom. The van der Waals surface area contributed by atoms with E-state index in [2.05, 4.69) is 10.6 Å². The largest absolute Gasteiger partial charge is 0.354 e. The second-order valence-electron chi connectivity index (χ2n) is 6.76. The molecule has 0 radical (unpaired) electrons. The lowest BCUT2D eigenvalue weighted by atomic mass is 10.2. The van der Waals surface area contributed by atoms with Crippen LogP contribution in [0.5, 0.6) is 0 Å². The SMILES string of the molecule is CC(C)C(=O)NCCNC(=O)C=Cc1cn(-c2ccccc2)nc1-c1cccs1. The number of para-hydroxylation sites is 1. The second-order valence-corrected chi connectivity index (χ2v) is 7.71. The molecule has 7 heteroatoms. The molecule has 2 amide bonds. The van der Waals surface area contributed by atoms with Gasteiger partial charge in [0.15, 0.2) is 0 Å². The van der Waals surface area contributed by atoms with Crippen molar-refractivity contribution in [2.75, 3.05) is 13.1 Å². The summed E-state index contributed by atoms with van der Waals surface area (Å²) < 4.78 is 1.81. The van der Waals surface area contributed by atoms with Gasteiger partial charge in [0.25, 0.3) is 0 Å². The summed E-state index contributed by atoms with van der Waals surface area (Å²) in [7, 11) is 0. The highest BCUT2D eigenvalue weighted by atomic mass is 32.1. The average Bonchev–Trinajstić information content (AvgIpc) is 3.39. The summed E-state index contributed by atoms with van der Waals surface area (Å²) in [5, 5.41) is 12.3. The third kappa shape index (κ3) is 5.65. The summed E-state index contributed by atoms with van der Waals surface area (Å²) in [6.45, 7) is 4.44. The minimum Gasteiger partial charge on any atom is -0.354 e. The van der Waals surface area contributed by atoms with E-state index in [0.717, 1.165) is 21.8 Å². The molecule has 0 saturated carbocycles. The van der Waals surface area contributed by atoms with Crippen molar-refractivity contribution in [2.45, 2.75) is 13.8 Å². The van der Waals surface area contributed by atoms with E-state index in [1.807, 2.05) is 72.6 Å². The van der Waals surface area contributed by atoms with Gasteiger partial charge in [0.1, 0.15) is 5.69 Å². The van der Waals surface area contributed by atoms with Crippen LogP contribution in [0.1, 0.15) is 19.4 Å². The van der Waals surface area contributed by atoms with Gasteiger partial charge in [0, 0.05) is 36.8 Å². The third-order valence-corrected chi connectivity index (χ3v) is 5.06. The summed E-state index contributed by atoms with van der Waals surface area (Å²) in [6.07, 6.45) is 5.17. The fourth-order valence-electron chi connectivity index (χ4n) is 2.63. The van der Waals surface area contributed by atoms with E-state index in [0.29, 0.717) is 13.1 Å². The van der Waals surface area contributed by atoms with Crippen LogP contribution in [0.4, 0.5) is 0 Å². The molecule has 1 aromatic carbocycles. The predicted molar refractivity (Wildman–Crippen MR) is 117 cm³/mol. The van der Waals surface area contributed by atoms with Gasteiger partial charge in [-0.25, -0.2) is 4.68 Å². The Kier molecular flexibility index (Phi) is 6.97. The van der Waals surface area contributed by atoms with Crippen LogP contribution in [0.3, 0.4) is 0 Å². The monoisotopic (exact) mass is 408 g/mol. The zero-order valence-electron chi connectivity index (χ0n) is 16.5. The summed E-state index contributed by atoms with van der Waals surface area (Å²) in [5.41, 5.74) is 2.65. The van der Waals surface area contributed by atoms with E-state index in [1.54, 1.807) is 17.4 Å². The quantitative estimate of drug-likeness (QED) is 0.442. The molecule has 0 aliphatic carbocycles. The molecule has 0 saturated heterocycles. The Labute approximate surface area is 174 Å². The molecule has 0 bridgehead atoms. The van der Waals surface area contributed by atoms with E-state index in [1.165, 1.54) is 6.08 Å². The average molecular weight is 409 g/mol. The van der Waals surface area contributed by atoms with Crippen molar-refractivity contribution in [2.24, 2.45) is 5.92 Å². The number of amides is 2. The van der Waals surface area contributed by atoms with E-state index in [4.69, 9.17) is 5.10 Å². The van der Waals surface area contributed by atoms with Gasteiger partial charge in [-0.15, -0.1) is 11.3 Å². The minimum absolute atomic E-state index is 0.0243. The van der Waals surface area contributed by atoms with Crippen molar-refractivity contribution in [3.05, 3.63) is 65.7 Å². The molecule has 2 aromatic heterocycles. The predicted octanol–water partition coefficient (Wildman–Crippen LogP) is 3.50. The van der Waals surface area contributed by atoms with Crippen molar-refractivity contribution in [3.8, 4) is 16.3 Å². The molecule has 0 atom stereocenters. The van der Waals surface area contributed by atoms with Crippen LogP contribution in [0, 0.1) is 5.92 Å². The molecule has 3 rings (SSSR count). The van der Waals surface area contributed by atoms with Crippen molar-refractivity contribution in [3.63, 3.8) is 0 Å². The van der Waals surface area contributed by atoms with Crippen LogP contribution in [0.2, 0.25) is 0 Å². The molecule has 3 aromatic rings. The molecule has 6 nitrogen and oxygen atoms in total. The number of nitrogens with zero attached hydrogens (tertiary/aromatic N) is 2. The van der Waals surface area contributed by atoms with Gasteiger partial charge in [0.05, 0.1) is 10.6 Å². The topological polar surface area (TPSA) is 76.0 Å². The van der Waals surface area contributed by atoms with Crippen LogP contribution in [0.15, 0.2) is 60.1 Å². The van der Waals surface area contributed by atoms with E-state index in [9.17, 15) is 9.59 Å². The number of benzene rings is 1. The number of carbonyl (C=O) groups excluding carboxylic acids is 2. The summed E-state index contributed by atoms with van der Waals surface area (Å²) in [4.78, 5) is 24.7. The number of thiophene rings is 1. The zero-order chi connectivity index (χ0) is 20.6. The Bertz CT molecular complexity index is 976. The number of carbonyl (C=O) groups is 2. The summed E-state index contributed by atoms with van der Waals surface area (Å²) >= 11 is 1.60. The van der Waals surface area contributed by atoms with Gasteiger partial charge in [-0.05, 0) is 29.7 Å². The van der Waals surface area contributed by atoms with Crippen molar-refractivity contribution >= 4 is 29.2 Å². The molecule has 0 spiro atoms. The maximum absolute atomic E-state index is 12.1. The first-order chi connectivity index (χ1) is 14.0. The van der Waals surface area contributed by atoms with E-state index >= 15 is 0 Å². The third-order valence-electron chi connectivity index (χ3n) is 4.18. The van der Waals surface area contributed by atoms with Crippen LogP contribution in [0.25, 0.3) is 22.3 Å². The number of hydrogen-bond donors (Lipinski definition) is 2. The van der Waals surface area contributed by atoms with Gasteiger partial charge < -0.3 is 10.6 Å². The van der Waals surface area contributed by atoms with Crippen molar-refractivity contribution in [1.82, 2.24) is 20.4 Å². The molecule has 0 aliphatic heterocycles. The number of nitrogens with one attached hydrogen (secondary N) is 2. The van der Waals surface area contributed by atoms with E-state index in [-0.39, 0.29) is 17.7 Å². The van der Waals surface area contributed by atoms with Crippen LogP contribution in [-0.2, 0) is 9.59 Å². The van der Waals surface area contributed by atoms with Gasteiger partial charge in [0.2, 0.25) is 11.8 Å². The fourth-order valence-corrected chi connectivity index (χ4v) is 3.36. The first-order valence-electron chi connectivity index (χ1n) is 9.47. The molecule has 0 fully saturated rings. The van der Waals surface area contributed by atoms with Crippen LogP contribution < -0.4 is 10.6 Å². The first kappa shape index (κ1) is 20.5. The highest BCUT2D eigenvalue weighted by molar-refractivity contribution is 7.13. The van der Waals surface area contributed by atoms with Crippen molar-refractivity contribution < 1.29 is 9.59 Å². The second kappa shape index (κ2) is 9.84. The number of aromatic nitrogens is 2. The van der Waals surface area contributed by atoms with Gasteiger partial charge in [-0.2, -0.15) is 5.10 Å². The van der Waals surface area contributed by atoms with E-state index < -0.39 is 0 Å². The van der Waals surface area contributed by atoms with Gasteiger partial charge in [-0.1, -0.05) is 38.1 Å². The fraction of sp³-hybridized carbons (Fsp3) is 0.227. The highest BCUT2D eigenvalue weighted by Crippen LogP contribution is 2.28. The summed E-state index contributed by atoms with van der Waals surface area (Å²) in [6, 6.07) is 13.8. The Morgan fingerprint density at radius 1 is 1.10 bits per heavy atom. The molecule has 150 valence electrons. The summed E-state index contributed by atoms with van der Waals surface area (Å²) in [5.74, 6) is -0.306.